The number of nitrogens with zero attached hydrogens (tertiary/aromatic N) is 3. The van der Waals surface area contributed by atoms with Crippen LogP contribution in [0.25, 0.3) is 10.4 Å². The molecule has 2 aliphatic rings. The molecule has 13 heteroatoms. The van der Waals surface area contributed by atoms with E-state index in [1.54, 1.807) is 33.9 Å². The van der Waals surface area contributed by atoms with Crippen LogP contribution in [-0.4, -0.2) is 75.8 Å². The summed E-state index contributed by atoms with van der Waals surface area (Å²) in [4.78, 5) is 43.7. The normalized spacial score (nSPS) is 25.2. The third-order valence-corrected chi connectivity index (χ3v) is 9.07. The number of hydrogen-bond acceptors (Lipinski definition) is 9. The standard InChI is InChI=1S/C23H29N3O8S2/c1-11(27)13-16-23(5,7-8-34-21(31)22(2,3)4)14(15(20(29)30)26(16)18(13)28)12-9-25-10-24-17(19(25)35-12)36(6,32)33/h9-11,13,16,27H,7-8H2,1-6H3,(H,29,30)/t11?,13-,16-,23+/m1/s1. The van der Waals surface area contributed by atoms with Crippen LogP contribution in [0.15, 0.2) is 23.2 Å². The number of aromatic nitrogens is 2. The summed E-state index contributed by atoms with van der Waals surface area (Å²) in [6.45, 7) is 8.40. The van der Waals surface area contributed by atoms with E-state index in [0.717, 1.165) is 17.6 Å². The smallest absolute Gasteiger partial charge is 0.352 e. The molecule has 4 rings (SSSR count). The molecule has 2 aliphatic heterocycles. The molecular formula is C23H29N3O8S2. The molecule has 1 amide bonds. The fraction of sp³-hybridized carbons (Fsp3) is 0.565. The minimum absolute atomic E-state index is 0.0333. The number of β-lactam (4-membered cyclic amide) rings is 1. The topological polar surface area (TPSA) is 156 Å². The van der Waals surface area contributed by atoms with Crippen LogP contribution in [0.4, 0.5) is 0 Å². The van der Waals surface area contributed by atoms with Gasteiger partial charge in [0.05, 0.1) is 35.0 Å². The number of aliphatic hydroxyl groups excluding tert-OH is 1. The van der Waals surface area contributed by atoms with Crippen molar-refractivity contribution in [1.29, 1.82) is 0 Å². The van der Waals surface area contributed by atoms with Crippen molar-refractivity contribution in [3.05, 3.63) is 23.1 Å². The summed E-state index contributed by atoms with van der Waals surface area (Å²) in [5, 5.41) is 20.4. The molecule has 2 aromatic rings. The monoisotopic (exact) mass is 539 g/mol. The average molecular weight is 540 g/mol. The van der Waals surface area contributed by atoms with Gasteiger partial charge in [0, 0.05) is 23.4 Å². The molecule has 4 heterocycles. The van der Waals surface area contributed by atoms with Gasteiger partial charge in [-0.1, -0.05) is 6.92 Å². The number of carboxylic acid groups (broad SMARTS) is 1. The SMILES string of the molecule is CC(O)[C@H]1C(=O)N2C(C(=O)O)=C(c3cn4cnc(S(C)(=O)=O)c4s3)[C@](C)(CCOC(=O)C(C)(C)C)[C@@H]12. The van der Waals surface area contributed by atoms with Crippen molar-refractivity contribution in [2.75, 3.05) is 12.9 Å². The molecule has 11 nitrogen and oxygen atoms in total. The molecule has 0 aromatic carbocycles. The molecular weight excluding hydrogens is 510 g/mol. The zero-order valence-corrected chi connectivity index (χ0v) is 22.4. The number of rotatable bonds is 7. The van der Waals surface area contributed by atoms with Crippen LogP contribution in [-0.2, 0) is 29.0 Å². The second kappa shape index (κ2) is 8.38. The number of aliphatic hydroxyl groups is 1. The van der Waals surface area contributed by atoms with Crippen LogP contribution in [0, 0.1) is 16.7 Å². The van der Waals surface area contributed by atoms with E-state index in [0.29, 0.717) is 15.3 Å². The number of aliphatic carboxylic acids is 1. The van der Waals surface area contributed by atoms with Gasteiger partial charge in [0.1, 0.15) is 16.9 Å². The number of hydrogen-bond donors (Lipinski definition) is 2. The second-order valence-electron chi connectivity index (χ2n) is 10.6. The van der Waals surface area contributed by atoms with Gasteiger partial charge in [-0.25, -0.2) is 18.2 Å². The lowest BCUT2D eigenvalue weighted by atomic mass is 9.65. The molecule has 1 saturated heterocycles. The number of carbonyl (C=O) groups excluding carboxylic acids is 2. The van der Waals surface area contributed by atoms with Gasteiger partial charge in [0.2, 0.25) is 5.91 Å². The molecule has 0 radical (unpaired) electrons. The Labute approximate surface area is 212 Å². The molecule has 2 aromatic heterocycles. The average Bonchev–Trinajstić information content (AvgIpc) is 3.35. The highest BCUT2D eigenvalue weighted by atomic mass is 32.2. The number of amides is 1. The summed E-state index contributed by atoms with van der Waals surface area (Å²) >= 11 is 1.06. The van der Waals surface area contributed by atoms with Gasteiger partial charge in [-0.2, -0.15) is 0 Å². The number of carbonyl (C=O) groups is 3. The Kier molecular flexibility index (Phi) is 6.12. The Morgan fingerprint density at radius 3 is 2.50 bits per heavy atom. The number of fused-ring (bicyclic) bond motifs is 2. The van der Waals surface area contributed by atoms with Crippen LogP contribution in [0.5, 0.6) is 0 Å². The summed E-state index contributed by atoms with van der Waals surface area (Å²) in [6, 6.07) is -0.673. The van der Waals surface area contributed by atoms with Crippen molar-refractivity contribution in [2.24, 2.45) is 16.7 Å². The minimum Gasteiger partial charge on any atom is -0.477 e. The number of carboxylic acids is 1. The maximum absolute atomic E-state index is 13.0. The van der Waals surface area contributed by atoms with Crippen LogP contribution in [0.2, 0.25) is 0 Å². The highest BCUT2D eigenvalue weighted by Gasteiger charge is 2.66. The van der Waals surface area contributed by atoms with Crippen LogP contribution in [0.3, 0.4) is 0 Å². The van der Waals surface area contributed by atoms with Crippen molar-refractivity contribution in [2.45, 2.75) is 58.2 Å². The Balaban J connectivity index is 1.85. The Hall–Kier alpha value is -2.77. The van der Waals surface area contributed by atoms with Gasteiger partial charge in [0.15, 0.2) is 14.9 Å². The van der Waals surface area contributed by atoms with E-state index in [-0.39, 0.29) is 23.8 Å². The zero-order chi connectivity index (χ0) is 27.0. The van der Waals surface area contributed by atoms with Gasteiger partial charge >= 0.3 is 11.9 Å². The zero-order valence-electron chi connectivity index (χ0n) is 20.8. The summed E-state index contributed by atoms with van der Waals surface area (Å²) in [5.41, 5.74) is -1.63. The van der Waals surface area contributed by atoms with Crippen LogP contribution in [0.1, 0.15) is 45.9 Å². The van der Waals surface area contributed by atoms with Gasteiger partial charge in [-0.15, -0.1) is 11.3 Å². The molecule has 0 spiro atoms. The lowest BCUT2D eigenvalue weighted by Crippen LogP contribution is -2.66. The summed E-state index contributed by atoms with van der Waals surface area (Å²) in [7, 11) is -3.64. The molecule has 36 heavy (non-hydrogen) atoms. The van der Waals surface area contributed by atoms with Crippen molar-refractivity contribution in [3.8, 4) is 0 Å². The fourth-order valence-electron chi connectivity index (χ4n) is 5.05. The maximum Gasteiger partial charge on any atom is 0.352 e. The number of sulfone groups is 1. The molecule has 4 atom stereocenters. The summed E-state index contributed by atoms with van der Waals surface area (Å²) in [6.07, 6.45) is 3.13. The molecule has 196 valence electrons. The van der Waals surface area contributed by atoms with E-state index in [1.165, 1.54) is 22.6 Å². The highest BCUT2D eigenvalue weighted by molar-refractivity contribution is 7.91. The van der Waals surface area contributed by atoms with E-state index in [4.69, 9.17) is 4.74 Å². The first-order valence-corrected chi connectivity index (χ1v) is 14.0. The number of ether oxygens (including phenoxy) is 1. The number of thiazole rings is 1. The van der Waals surface area contributed by atoms with E-state index in [2.05, 4.69) is 4.98 Å². The van der Waals surface area contributed by atoms with Crippen molar-refractivity contribution < 1.29 is 37.8 Å². The molecule has 1 fully saturated rings. The van der Waals surface area contributed by atoms with Crippen LogP contribution >= 0.6 is 11.3 Å². The first kappa shape index (κ1) is 26.3. The number of imidazole rings is 1. The minimum atomic E-state index is -3.64. The van der Waals surface area contributed by atoms with Gasteiger partial charge < -0.3 is 19.8 Å². The van der Waals surface area contributed by atoms with Crippen LogP contribution < -0.4 is 0 Å². The summed E-state index contributed by atoms with van der Waals surface area (Å²) < 4.78 is 31.4. The molecule has 1 unspecified atom stereocenters. The Morgan fingerprint density at radius 1 is 1.33 bits per heavy atom. The van der Waals surface area contributed by atoms with E-state index >= 15 is 0 Å². The Morgan fingerprint density at radius 2 is 1.97 bits per heavy atom. The maximum atomic E-state index is 13.0. The van der Waals surface area contributed by atoms with Gasteiger partial charge in [-0.3, -0.25) is 14.0 Å². The highest BCUT2D eigenvalue weighted by Crippen LogP contribution is 2.60. The summed E-state index contributed by atoms with van der Waals surface area (Å²) in [5.74, 6) is -3.07. The fourth-order valence-corrected chi connectivity index (χ4v) is 7.44. The van der Waals surface area contributed by atoms with Crippen molar-refractivity contribution in [3.63, 3.8) is 0 Å². The largest absolute Gasteiger partial charge is 0.477 e. The van der Waals surface area contributed by atoms with E-state index in [9.17, 15) is 33.0 Å². The van der Waals surface area contributed by atoms with Crippen molar-refractivity contribution >= 4 is 49.4 Å². The Bertz CT molecular complexity index is 1410. The van der Waals surface area contributed by atoms with Crippen molar-refractivity contribution in [1.82, 2.24) is 14.3 Å². The molecule has 0 aliphatic carbocycles. The number of esters is 1. The lowest BCUT2D eigenvalue weighted by Gasteiger charge is -2.50. The predicted octanol–water partition coefficient (Wildman–Crippen LogP) is 1.80. The first-order valence-electron chi connectivity index (χ1n) is 11.3. The first-order chi connectivity index (χ1) is 16.5. The quantitative estimate of drug-likeness (QED) is 0.396. The lowest BCUT2D eigenvalue weighted by molar-refractivity contribution is -0.168. The predicted molar refractivity (Wildman–Crippen MR) is 130 cm³/mol. The molecule has 0 bridgehead atoms. The third-order valence-electron chi connectivity index (χ3n) is 6.81. The molecule has 0 saturated carbocycles. The third kappa shape index (κ3) is 3.93. The van der Waals surface area contributed by atoms with E-state index < -0.39 is 56.6 Å². The van der Waals surface area contributed by atoms with E-state index in [1.807, 2.05) is 0 Å². The molecule has 2 N–H and O–H groups in total. The van der Waals surface area contributed by atoms with Gasteiger partial charge in [-0.05, 0) is 34.1 Å². The second-order valence-corrected chi connectivity index (χ2v) is 13.6. The van der Waals surface area contributed by atoms with Gasteiger partial charge in [0.25, 0.3) is 0 Å².